The molecule has 0 fully saturated rings. The second-order valence-electron chi connectivity index (χ2n) is 11.7. The fraction of sp³-hybridized carbons (Fsp3) is 0.353. The second-order valence-corrected chi connectivity index (χ2v) is 21.2. The summed E-state index contributed by atoms with van der Waals surface area (Å²) in [5.74, 6) is 0. The molecular weight excluding hydrogens is 604 g/mol. The van der Waals surface area contributed by atoms with Gasteiger partial charge in [-0.15, -0.1) is 0 Å². The second kappa shape index (κ2) is 18.9. The van der Waals surface area contributed by atoms with Gasteiger partial charge in [-0.05, 0) is 68.9 Å². The Bertz CT molecular complexity index is 1290. The van der Waals surface area contributed by atoms with Crippen molar-refractivity contribution < 1.29 is 15.0 Å². The summed E-state index contributed by atoms with van der Waals surface area (Å²) in [4.78, 5) is 21.2. The molecule has 4 heterocycles. The monoisotopic (exact) mass is 648 g/mol. The zero-order valence-corrected chi connectivity index (χ0v) is 30.0. The van der Waals surface area contributed by atoms with Crippen molar-refractivity contribution in [2.45, 2.75) is 77.6 Å². The molecule has 0 saturated carbocycles. The standard InChI is InChI=1S/2C16H22N2Si.2CN.Fe/c2*1-12(2)19(13(3)4)14-8-9-16(18-11-14)15-7-5-6-10-17-15;2*1-2;/h2*5-13,19H,1-4H3;;;. The van der Waals surface area contributed by atoms with Gasteiger partial charge in [0.2, 0.25) is 0 Å². The van der Waals surface area contributed by atoms with Crippen molar-refractivity contribution >= 4 is 28.0 Å². The van der Waals surface area contributed by atoms with Crippen molar-refractivity contribution in [2.24, 2.45) is 0 Å². The molecular formula is C34H44FeN6Si2. The Morgan fingerprint density at radius 1 is 0.512 bits per heavy atom. The summed E-state index contributed by atoms with van der Waals surface area (Å²) in [7, 11) is -1.87. The third kappa shape index (κ3) is 11.6. The Balaban J connectivity index is 0.000000260. The van der Waals surface area contributed by atoms with Gasteiger partial charge in [0.15, 0.2) is 0 Å². The number of nitriles is 2. The Labute approximate surface area is 268 Å². The fourth-order valence-corrected chi connectivity index (χ4v) is 13.0. The summed E-state index contributed by atoms with van der Waals surface area (Å²) in [6.07, 6.45) is 7.76. The third-order valence-corrected chi connectivity index (χ3v) is 15.4. The van der Waals surface area contributed by atoms with Crippen LogP contribution in [0.1, 0.15) is 55.4 Å². The van der Waals surface area contributed by atoms with Gasteiger partial charge in [0.25, 0.3) is 0 Å². The molecule has 43 heavy (non-hydrogen) atoms. The molecule has 0 saturated heterocycles. The molecule has 0 aromatic carbocycles. The zero-order chi connectivity index (χ0) is 31.8. The van der Waals surface area contributed by atoms with Crippen LogP contribution in [0.2, 0.25) is 22.2 Å². The van der Waals surface area contributed by atoms with Crippen LogP contribution in [-0.4, -0.2) is 37.5 Å². The average Bonchev–Trinajstić information content (AvgIpc) is 2.99. The zero-order valence-electron chi connectivity index (χ0n) is 26.6. The van der Waals surface area contributed by atoms with E-state index in [0.29, 0.717) is 0 Å². The molecule has 0 N–H and O–H groups in total. The van der Waals surface area contributed by atoms with E-state index < -0.39 is 17.6 Å². The first-order valence-corrected chi connectivity index (χ1v) is 19.7. The Hall–Kier alpha value is -3.47. The first-order chi connectivity index (χ1) is 20.6. The first kappa shape index (κ1) is 35.7. The van der Waals surface area contributed by atoms with Crippen molar-refractivity contribution in [1.82, 2.24) is 19.9 Å². The van der Waals surface area contributed by atoms with Crippen LogP contribution >= 0.6 is 0 Å². The topological polar surface area (TPSA) is 99.1 Å². The Kier molecular flexibility index (Phi) is 15.7. The van der Waals surface area contributed by atoms with Gasteiger partial charge in [-0.25, -0.2) is 0 Å². The number of pyridine rings is 4. The van der Waals surface area contributed by atoms with E-state index in [0.717, 1.165) is 44.9 Å². The van der Waals surface area contributed by atoms with Crippen molar-refractivity contribution in [1.29, 1.82) is 10.5 Å². The SMILES string of the molecule is CC(C)[SiH](c1ccc(-c2ccccn2)nc1)C(C)C.CC(C)[SiH](c1ccc(-c2ccccn2)nc1)C(C)C.N#[C][Fe][C]#N. The predicted octanol–water partition coefficient (Wildman–Crippen LogP) is 6.83. The molecule has 0 aliphatic rings. The van der Waals surface area contributed by atoms with E-state index in [9.17, 15) is 0 Å². The van der Waals surface area contributed by atoms with Crippen molar-refractivity contribution in [2.75, 3.05) is 0 Å². The van der Waals surface area contributed by atoms with Gasteiger partial charge in [-0.3, -0.25) is 19.9 Å². The first-order valence-electron chi connectivity index (χ1n) is 14.7. The number of aromatic nitrogens is 4. The van der Waals surface area contributed by atoms with E-state index in [2.05, 4.69) is 112 Å². The number of hydrogen-bond acceptors (Lipinski definition) is 6. The molecule has 226 valence electrons. The molecule has 0 spiro atoms. The molecule has 0 radical (unpaired) electrons. The van der Waals surface area contributed by atoms with E-state index in [1.807, 2.05) is 48.8 Å². The van der Waals surface area contributed by atoms with Crippen LogP contribution in [0.5, 0.6) is 0 Å². The van der Waals surface area contributed by atoms with Crippen LogP contribution in [-0.2, 0) is 15.0 Å². The van der Waals surface area contributed by atoms with Crippen LogP contribution in [0.4, 0.5) is 0 Å². The van der Waals surface area contributed by atoms with E-state index in [1.165, 1.54) is 10.4 Å². The number of nitrogens with zero attached hydrogens (tertiary/aromatic N) is 6. The molecule has 0 amide bonds. The minimum atomic E-state index is -0.936. The normalized spacial score (nSPS) is 10.8. The van der Waals surface area contributed by atoms with Gasteiger partial charge in [0.05, 0.1) is 40.4 Å². The van der Waals surface area contributed by atoms with Crippen LogP contribution < -0.4 is 10.4 Å². The third-order valence-electron chi connectivity index (χ3n) is 7.15. The summed E-state index contributed by atoms with van der Waals surface area (Å²) < 4.78 is 0. The molecule has 0 unspecified atom stereocenters. The van der Waals surface area contributed by atoms with Crippen molar-refractivity contribution in [3.8, 4) is 32.7 Å². The van der Waals surface area contributed by atoms with Gasteiger partial charge < -0.3 is 0 Å². The Morgan fingerprint density at radius 2 is 0.860 bits per heavy atom. The maximum atomic E-state index is 7.59. The molecule has 9 heteroatoms. The molecule has 4 aromatic heterocycles. The van der Waals surface area contributed by atoms with Gasteiger partial charge in [-0.2, -0.15) is 0 Å². The quantitative estimate of drug-likeness (QED) is 0.194. The van der Waals surface area contributed by atoms with Gasteiger partial charge >= 0.3 is 35.4 Å². The number of hydrogen-bond donors (Lipinski definition) is 0. The van der Waals surface area contributed by atoms with Crippen molar-refractivity contribution in [3.63, 3.8) is 0 Å². The van der Waals surface area contributed by atoms with Crippen molar-refractivity contribution in [3.05, 3.63) is 85.5 Å². The molecule has 4 rings (SSSR count). The van der Waals surface area contributed by atoms with E-state index >= 15 is 0 Å². The van der Waals surface area contributed by atoms with Gasteiger partial charge in [0.1, 0.15) is 0 Å². The van der Waals surface area contributed by atoms with Crippen LogP contribution in [0, 0.1) is 20.5 Å². The summed E-state index contributed by atoms with van der Waals surface area (Å²) in [5, 5.41) is 18.1. The van der Waals surface area contributed by atoms with Crippen LogP contribution in [0.3, 0.4) is 0 Å². The van der Waals surface area contributed by atoms with Gasteiger partial charge in [0, 0.05) is 24.8 Å². The van der Waals surface area contributed by atoms with E-state index in [1.54, 1.807) is 9.94 Å². The molecule has 0 atom stereocenters. The van der Waals surface area contributed by atoms with E-state index in [-0.39, 0.29) is 15.0 Å². The molecule has 6 nitrogen and oxygen atoms in total. The summed E-state index contributed by atoms with van der Waals surface area (Å²) in [5.41, 5.74) is 6.88. The molecule has 0 bridgehead atoms. The summed E-state index contributed by atoms with van der Waals surface area (Å²) in [6, 6.07) is 20.6. The van der Waals surface area contributed by atoms with E-state index in [4.69, 9.17) is 10.5 Å². The fourth-order valence-electron chi connectivity index (χ4n) is 5.63. The molecule has 4 aromatic rings. The number of rotatable bonds is 8. The van der Waals surface area contributed by atoms with Crippen LogP contribution in [0.15, 0.2) is 85.5 Å². The molecule has 0 aliphatic carbocycles. The summed E-state index contributed by atoms with van der Waals surface area (Å²) in [6.45, 7) is 18.7. The van der Waals surface area contributed by atoms with Gasteiger partial charge in [-0.1, -0.05) is 79.7 Å². The average molecular weight is 649 g/mol. The Morgan fingerprint density at radius 3 is 1.07 bits per heavy atom. The molecule has 0 aliphatic heterocycles. The predicted molar refractivity (Wildman–Crippen MR) is 180 cm³/mol. The van der Waals surface area contributed by atoms with Crippen LogP contribution in [0.25, 0.3) is 22.8 Å². The maximum absolute atomic E-state index is 7.59. The summed E-state index contributed by atoms with van der Waals surface area (Å²) >= 11 is 0. The minimum absolute atomic E-state index is 0.